The Hall–Kier alpha value is -0.260. The van der Waals surface area contributed by atoms with Gasteiger partial charge in [0.25, 0.3) is 0 Å². The quantitative estimate of drug-likeness (QED) is 0.466. The first-order valence-corrected chi connectivity index (χ1v) is 5.65. The smallest absolute Gasteiger partial charge is 0.0351 e. The third kappa shape index (κ3) is 5.40. The fraction of sp³-hybridized carbons (Fsp3) is 0.833. The van der Waals surface area contributed by atoms with Gasteiger partial charge in [0.05, 0.1) is 0 Å². The summed E-state index contributed by atoms with van der Waals surface area (Å²) in [5.74, 6) is 0. The largest absolute Gasteiger partial charge is 0.0885 e. The lowest BCUT2D eigenvalue weighted by atomic mass is 10.0. The molecule has 0 nitrogen and oxygen atoms in total. The Balaban J connectivity index is 2.10. The van der Waals surface area contributed by atoms with Gasteiger partial charge in [-0.15, -0.1) is 0 Å². The highest BCUT2D eigenvalue weighted by molar-refractivity contribution is 4.81. The second kappa shape index (κ2) is 7.39. The van der Waals surface area contributed by atoms with E-state index in [-0.39, 0.29) is 0 Å². The predicted molar refractivity (Wildman–Crippen MR) is 55.3 cm³/mol. The summed E-state index contributed by atoms with van der Waals surface area (Å²) < 4.78 is 0. The van der Waals surface area contributed by atoms with Crippen LogP contribution in [0.15, 0.2) is 12.2 Å². The maximum absolute atomic E-state index is 2.38. The van der Waals surface area contributed by atoms with Gasteiger partial charge in [0.2, 0.25) is 0 Å². The van der Waals surface area contributed by atoms with Crippen molar-refractivity contribution >= 4 is 0 Å². The molecule has 0 amide bonds. The van der Waals surface area contributed by atoms with E-state index in [4.69, 9.17) is 0 Å². The first-order valence-electron chi connectivity index (χ1n) is 5.65. The van der Waals surface area contributed by atoms with Gasteiger partial charge in [0, 0.05) is 0 Å². The number of hydrogen-bond donors (Lipinski definition) is 0. The maximum Gasteiger partial charge on any atom is -0.0351 e. The zero-order valence-corrected chi connectivity index (χ0v) is 8.23. The van der Waals surface area contributed by atoms with E-state index in [2.05, 4.69) is 12.2 Å². The van der Waals surface area contributed by atoms with Crippen LogP contribution < -0.4 is 0 Å². The first-order chi connectivity index (χ1) is 6.00. The Labute approximate surface area is 77.1 Å². The highest BCUT2D eigenvalue weighted by Gasteiger charge is 1.92. The molecule has 0 aromatic rings. The minimum Gasteiger partial charge on any atom is -0.0885 e. The molecule has 0 unspecified atom stereocenters. The van der Waals surface area contributed by atoms with E-state index in [9.17, 15) is 0 Å². The number of rotatable bonds is 0. The zero-order chi connectivity index (χ0) is 8.49. The summed E-state index contributed by atoms with van der Waals surface area (Å²) in [6.07, 6.45) is 19.0. The Bertz CT molecular complexity index is 99.2. The summed E-state index contributed by atoms with van der Waals surface area (Å²) in [7, 11) is 0. The highest BCUT2D eigenvalue weighted by Crippen LogP contribution is 2.12. The molecule has 1 rings (SSSR count). The molecule has 0 radical (unpaired) electrons. The molecular weight excluding hydrogens is 144 g/mol. The molecule has 0 atom stereocenters. The molecule has 0 aromatic carbocycles. The second-order valence-electron chi connectivity index (χ2n) is 3.88. The van der Waals surface area contributed by atoms with Gasteiger partial charge in [0.1, 0.15) is 0 Å². The van der Waals surface area contributed by atoms with E-state index in [1.165, 1.54) is 64.2 Å². The van der Waals surface area contributed by atoms with Gasteiger partial charge >= 0.3 is 0 Å². The van der Waals surface area contributed by atoms with Crippen molar-refractivity contribution in [3.05, 3.63) is 12.2 Å². The van der Waals surface area contributed by atoms with E-state index in [1.807, 2.05) is 0 Å². The Morgan fingerprint density at radius 3 is 1.17 bits per heavy atom. The summed E-state index contributed by atoms with van der Waals surface area (Å²) in [4.78, 5) is 0. The van der Waals surface area contributed by atoms with Gasteiger partial charge in [0.15, 0.2) is 0 Å². The maximum atomic E-state index is 2.38. The van der Waals surface area contributed by atoms with Crippen molar-refractivity contribution in [2.75, 3.05) is 0 Å². The van der Waals surface area contributed by atoms with E-state index >= 15 is 0 Å². The SMILES string of the molecule is C1=C/CCCCCCCCCC/1. The molecule has 0 heteroatoms. The van der Waals surface area contributed by atoms with Crippen LogP contribution in [0.4, 0.5) is 0 Å². The van der Waals surface area contributed by atoms with Crippen LogP contribution in [-0.2, 0) is 0 Å². The van der Waals surface area contributed by atoms with Crippen LogP contribution in [0.1, 0.15) is 64.2 Å². The van der Waals surface area contributed by atoms with Crippen LogP contribution in [0.5, 0.6) is 0 Å². The summed E-state index contributed by atoms with van der Waals surface area (Å²) in [5.41, 5.74) is 0. The Morgan fingerprint density at radius 2 is 0.750 bits per heavy atom. The molecule has 70 valence electrons. The van der Waals surface area contributed by atoms with Crippen molar-refractivity contribution in [1.82, 2.24) is 0 Å². The highest BCUT2D eigenvalue weighted by atomic mass is 14.0. The van der Waals surface area contributed by atoms with E-state index in [1.54, 1.807) is 0 Å². The first kappa shape index (κ1) is 9.83. The van der Waals surface area contributed by atoms with E-state index in [0.29, 0.717) is 0 Å². The third-order valence-corrected chi connectivity index (χ3v) is 2.66. The second-order valence-corrected chi connectivity index (χ2v) is 3.88. The lowest BCUT2D eigenvalue weighted by molar-refractivity contribution is 0.566. The van der Waals surface area contributed by atoms with Gasteiger partial charge in [-0.1, -0.05) is 50.7 Å². The van der Waals surface area contributed by atoms with Crippen LogP contribution in [-0.4, -0.2) is 0 Å². The van der Waals surface area contributed by atoms with Gasteiger partial charge in [-0.05, 0) is 25.7 Å². The van der Waals surface area contributed by atoms with Crippen molar-refractivity contribution in [2.45, 2.75) is 64.2 Å². The van der Waals surface area contributed by atoms with Gasteiger partial charge in [-0.3, -0.25) is 0 Å². The Kier molecular flexibility index (Phi) is 6.05. The molecule has 0 aromatic heterocycles. The summed E-state index contributed by atoms with van der Waals surface area (Å²) >= 11 is 0. The average Bonchev–Trinajstić information content (AvgIpc) is 2.05. The minimum atomic E-state index is 1.32. The molecule has 0 saturated carbocycles. The van der Waals surface area contributed by atoms with Crippen LogP contribution >= 0.6 is 0 Å². The number of allylic oxidation sites excluding steroid dienone is 2. The molecule has 12 heavy (non-hydrogen) atoms. The third-order valence-electron chi connectivity index (χ3n) is 2.66. The van der Waals surface area contributed by atoms with Gasteiger partial charge in [-0.2, -0.15) is 0 Å². The van der Waals surface area contributed by atoms with Crippen LogP contribution in [0.3, 0.4) is 0 Å². The fourth-order valence-corrected chi connectivity index (χ4v) is 1.82. The van der Waals surface area contributed by atoms with E-state index < -0.39 is 0 Å². The van der Waals surface area contributed by atoms with Crippen LogP contribution in [0, 0.1) is 0 Å². The zero-order valence-electron chi connectivity index (χ0n) is 8.23. The lowest BCUT2D eigenvalue weighted by Crippen LogP contribution is -1.82. The topological polar surface area (TPSA) is 0 Å². The monoisotopic (exact) mass is 166 g/mol. The summed E-state index contributed by atoms with van der Waals surface area (Å²) in [6.45, 7) is 0. The molecule has 0 N–H and O–H groups in total. The minimum absolute atomic E-state index is 1.32. The van der Waals surface area contributed by atoms with Gasteiger partial charge in [-0.25, -0.2) is 0 Å². The number of hydrogen-bond acceptors (Lipinski definition) is 0. The summed E-state index contributed by atoms with van der Waals surface area (Å²) in [5, 5.41) is 0. The van der Waals surface area contributed by atoms with Crippen molar-refractivity contribution in [1.29, 1.82) is 0 Å². The molecule has 0 aliphatic heterocycles. The van der Waals surface area contributed by atoms with Crippen LogP contribution in [0.25, 0.3) is 0 Å². The van der Waals surface area contributed by atoms with Crippen LogP contribution in [0.2, 0.25) is 0 Å². The molecule has 1 aliphatic carbocycles. The van der Waals surface area contributed by atoms with E-state index in [0.717, 1.165) is 0 Å². The average molecular weight is 166 g/mol. The molecule has 0 fully saturated rings. The predicted octanol–water partition coefficient (Wildman–Crippen LogP) is 4.46. The lowest BCUT2D eigenvalue weighted by Gasteiger charge is -2.02. The van der Waals surface area contributed by atoms with Crippen molar-refractivity contribution < 1.29 is 0 Å². The van der Waals surface area contributed by atoms with Gasteiger partial charge < -0.3 is 0 Å². The van der Waals surface area contributed by atoms with Crippen molar-refractivity contribution in [2.24, 2.45) is 0 Å². The molecule has 0 spiro atoms. The molecule has 0 bridgehead atoms. The molecular formula is C12H22. The fourth-order valence-electron chi connectivity index (χ4n) is 1.82. The molecule has 0 saturated heterocycles. The molecule has 0 heterocycles. The summed E-state index contributed by atoms with van der Waals surface area (Å²) in [6, 6.07) is 0. The normalized spacial score (nSPS) is 25.3. The van der Waals surface area contributed by atoms with Crippen molar-refractivity contribution in [3.63, 3.8) is 0 Å². The molecule has 1 aliphatic rings. The standard InChI is InChI=1S/C12H22/c1-2-4-6-8-10-12-11-9-7-5-3-1/h1-2H,3-12H2/b2-1+. The Morgan fingerprint density at radius 1 is 0.417 bits per heavy atom. The van der Waals surface area contributed by atoms with Crippen molar-refractivity contribution in [3.8, 4) is 0 Å².